The van der Waals surface area contributed by atoms with Gasteiger partial charge in [0, 0.05) is 32.7 Å². The van der Waals surface area contributed by atoms with E-state index in [-0.39, 0.29) is 9.92 Å². The molecule has 0 radical (unpaired) electrons. The first-order valence-electron chi connectivity index (χ1n) is 9.30. The van der Waals surface area contributed by atoms with Crippen LogP contribution in [-0.2, 0) is 10.0 Å². The molecule has 1 saturated heterocycles. The van der Waals surface area contributed by atoms with E-state index in [9.17, 15) is 21.6 Å². The van der Waals surface area contributed by atoms with Crippen LogP contribution in [0.4, 0.5) is 13.2 Å². The van der Waals surface area contributed by atoms with E-state index in [1.54, 1.807) is 18.2 Å². The van der Waals surface area contributed by atoms with Gasteiger partial charge in [-0.3, -0.25) is 4.90 Å². The number of alkyl halides is 3. The molecule has 1 unspecified atom stereocenters. The van der Waals surface area contributed by atoms with Gasteiger partial charge in [0.25, 0.3) is 0 Å². The van der Waals surface area contributed by atoms with Crippen LogP contribution in [0.1, 0.15) is 11.6 Å². The highest BCUT2D eigenvalue weighted by Crippen LogP contribution is 2.28. The minimum atomic E-state index is -4.86. The lowest BCUT2D eigenvalue weighted by atomic mass is 10.1. The van der Waals surface area contributed by atoms with Crippen LogP contribution in [0.5, 0.6) is 5.75 Å². The molecule has 3 rings (SSSR count). The number of hydrogen-bond acceptors (Lipinski definition) is 5. The Morgan fingerprint density at radius 1 is 1.06 bits per heavy atom. The number of hydrogen-bond donors (Lipinski definition) is 2. The molecule has 1 fully saturated rings. The van der Waals surface area contributed by atoms with Gasteiger partial charge in [0.05, 0.1) is 21.0 Å². The van der Waals surface area contributed by atoms with Gasteiger partial charge in [0.15, 0.2) is 0 Å². The van der Waals surface area contributed by atoms with E-state index in [1.165, 1.54) is 0 Å². The van der Waals surface area contributed by atoms with Crippen LogP contribution in [0.15, 0.2) is 47.4 Å². The van der Waals surface area contributed by atoms with E-state index < -0.39 is 28.2 Å². The normalized spacial score (nSPS) is 16.8. The number of nitrogens with one attached hydrogen (secondary N) is 2. The van der Waals surface area contributed by atoms with E-state index in [2.05, 4.69) is 19.7 Å². The first-order valence-corrected chi connectivity index (χ1v) is 11.5. The Labute approximate surface area is 188 Å². The smallest absolute Gasteiger partial charge is 0.406 e. The summed E-state index contributed by atoms with van der Waals surface area (Å²) in [5, 5.41) is 3.86. The first-order chi connectivity index (χ1) is 14.5. The fraction of sp³-hybridized carbons (Fsp3) is 0.368. The number of nitrogens with zero attached hydrogens (tertiary/aromatic N) is 1. The molecular weight excluding hydrogens is 478 g/mol. The Balaban J connectivity index is 1.83. The molecule has 1 atom stereocenters. The zero-order valence-electron chi connectivity index (χ0n) is 16.1. The molecule has 0 aromatic heterocycles. The van der Waals surface area contributed by atoms with Crippen LogP contribution in [0.25, 0.3) is 0 Å². The minimum Gasteiger partial charge on any atom is -0.406 e. The second kappa shape index (κ2) is 9.93. The number of ether oxygens (including phenoxy) is 1. The van der Waals surface area contributed by atoms with Crippen molar-refractivity contribution in [2.75, 3.05) is 32.7 Å². The first kappa shape index (κ1) is 24.1. The summed E-state index contributed by atoms with van der Waals surface area (Å²) in [6.07, 6.45) is -4.86. The Morgan fingerprint density at radius 2 is 1.71 bits per heavy atom. The lowest BCUT2D eigenvalue weighted by molar-refractivity contribution is -0.274. The van der Waals surface area contributed by atoms with E-state index in [4.69, 9.17) is 23.2 Å². The topological polar surface area (TPSA) is 70.7 Å². The third-order valence-electron chi connectivity index (χ3n) is 4.66. The number of benzene rings is 2. The Bertz CT molecular complexity index is 999. The average Bonchev–Trinajstić information content (AvgIpc) is 2.69. The molecule has 1 aliphatic heterocycles. The van der Waals surface area contributed by atoms with Crippen molar-refractivity contribution in [1.29, 1.82) is 0 Å². The quantitative estimate of drug-likeness (QED) is 0.608. The number of piperazine rings is 1. The molecule has 0 saturated carbocycles. The van der Waals surface area contributed by atoms with E-state index >= 15 is 0 Å². The third-order valence-corrected chi connectivity index (χ3v) is 6.89. The predicted octanol–water partition coefficient (Wildman–Crippen LogP) is 3.82. The van der Waals surface area contributed by atoms with Gasteiger partial charge >= 0.3 is 6.36 Å². The zero-order chi connectivity index (χ0) is 22.6. The van der Waals surface area contributed by atoms with Crippen molar-refractivity contribution >= 4 is 33.2 Å². The van der Waals surface area contributed by atoms with Crippen molar-refractivity contribution < 1.29 is 26.3 Å². The Morgan fingerprint density at radius 3 is 2.29 bits per heavy atom. The van der Waals surface area contributed by atoms with E-state index in [1.807, 2.05) is 0 Å². The summed E-state index contributed by atoms with van der Waals surface area (Å²) in [6, 6.07) is 8.23. The van der Waals surface area contributed by atoms with Gasteiger partial charge in [-0.1, -0.05) is 29.3 Å². The van der Waals surface area contributed by atoms with Gasteiger partial charge in [0.1, 0.15) is 5.75 Å². The summed E-state index contributed by atoms with van der Waals surface area (Å²) in [4.78, 5) is 1.92. The molecular formula is C19H20Cl2F3N3O3S. The van der Waals surface area contributed by atoms with Crippen molar-refractivity contribution in [2.24, 2.45) is 0 Å². The highest BCUT2D eigenvalue weighted by molar-refractivity contribution is 7.89. The molecule has 6 nitrogen and oxygen atoms in total. The van der Waals surface area contributed by atoms with Gasteiger partial charge in [-0.2, -0.15) is 0 Å². The highest BCUT2D eigenvalue weighted by Gasteiger charge is 2.31. The summed E-state index contributed by atoms with van der Waals surface area (Å²) in [7, 11) is -4.05. The van der Waals surface area contributed by atoms with Gasteiger partial charge in [-0.25, -0.2) is 13.1 Å². The van der Waals surface area contributed by atoms with E-state index in [0.717, 1.165) is 50.4 Å². The maximum atomic E-state index is 12.9. The Hall–Kier alpha value is -1.56. The molecule has 12 heteroatoms. The molecule has 0 amide bonds. The van der Waals surface area contributed by atoms with Crippen molar-refractivity contribution in [3.8, 4) is 5.75 Å². The van der Waals surface area contributed by atoms with Crippen molar-refractivity contribution in [1.82, 2.24) is 14.9 Å². The summed E-state index contributed by atoms with van der Waals surface area (Å²) >= 11 is 12.1. The molecule has 0 spiro atoms. The lowest BCUT2D eigenvalue weighted by Crippen LogP contribution is -2.47. The summed E-state index contributed by atoms with van der Waals surface area (Å²) in [5.74, 6) is -0.506. The average molecular weight is 498 g/mol. The second-order valence-electron chi connectivity index (χ2n) is 6.92. The monoisotopic (exact) mass is 497 g/mol. The maximum Gasteiger partial charge on any atom is 0.573 e. The van der Waals surface area contributed by atoms with Crippen molar-refractivity contribution in [2.45, 2.75) is 17.3 Å². The van der Waals surface area contributed by atoms with Gasteiger partial charge < -0.3 is 10.1 Å². The van der Waals surface area contributed by atoms with Gasteiger partial charge in [0.2, 0.25) is 10.0 Å². The third kappa shape index (κ3) is 6.96. The number of sulfonamides is 1. The summed E-state index contributed by atoms with van der Waals surface area (Å²) in [6.45, 7) is 3.42. The van der Waals surface area contributed by atoms with E-state index in [0.29, 0.717) is 17.1 Å². The molecule has 2 N–H and O–H groups in total. The fourth-order valence-electron chi connectivity index (χ4n) is 3.17. The predicted molar refractivity (Wildman–Crippen MR) is 112 cm³/mol. The molecule has 1 aliphatic rings. The molecule has 0 aliphatic carbocycles. The summed E-state index contributed by atoms with van der Waals surface area (Å²) < 4.78 is 69.3. The molecule has 170 valence electrons. The molecule has 1 heterocycles. The minimum absolute atomic E-state index is 0.188. The van der Waals surface area contributed by atoms with Crippen molar-refractivity contribution in [3.05, 3.63) is 58.1 Å². The molecule has 2 aromatic carbocycles. The van der Waals surface area contributed by atoms with Gasteiger partial charge in [-0.05, 0) is 42.0 Å². The van der Waals surface area contributed by atoms with Crippen LogP contribution < -0.4 is 14.8 Å². The second-order valence-corrected chi connectivity index (χ2v) is 9.45. The fourth-order valence-corrected chi connectivity index (χ4v) is 4.69. The van der Waals surface area contributed by atoms with Crippen LogP contribution in [-0.4, -0.2) is 52.4 Å². The number of halogens is 5. The van der Waals surface area contributed by atoms with Gasteiger partial charge in [-0.15, -0.1) is 13.2 Å². The van der Waals surface area contributed by atoms with Crippen LogP contribution in [0, 0.1) is 0 Å². The lowest BCUT2D eigenvalue weighted by Gasteiger charge is -2.31. The van der Waals surface area contributed by atoms with Crippen LogP contribution >= 0.6 is 23.2 Å². The maximum absolute atomic E-state index is 12.9. The SMILES string of the molecule is O=S(=O)(NC(CN1CCNCC1)c1ccc(Cl)c(Cl)c1)c1ccc(OC(F)(F)F)cc1. The molecule has 0 bridgehead atoms. The Kier molecular flexibility index (Phi) is 7.72. The van der Waals surface area contributed by atoms with Crippen LogP contribution in [0.2, 0.25) is 10.0 Å². The largest absolute Gasteiger partial charge is 0.573 e. The molecule has 2 aromatic rings. The standard InChI is InChI=1S/C19H20Cl2F3N3O3S/c20-16-6-1-13(11-17(16)21)18(12-27-9-7-25-8-10-27)26-31(28,29)15-4-2-14(3-5-15)30-19(22,23)24/h1-6,11,18,25-26H,7-10,12H2. The van der Waals surface area contributed by atoms with Crippen LogP contribution in [0.3, 0.4) is 0 Å². The van der Waals surface area contributed by atoms with Crippen molar-refractivity contribution in [3.63, 3.8) is 0 Å². The highest BCUT2D eigenvalue weighted by atomic mass is 35.5. The zero-order valence-corrected chi connectivity index (χ0v) is 18.5. The summed E-state index contributed by atoms with van der Waals surface area (Å²) in [5.41, 5.74) is 0.619. The molecule has 31 heavy (non-hydrogen) atoms. The number of rotatable bonds is 7.